The first-order chi connectivity index (χ1) is 25.1. The fraction of sp³-hybridized carbons (Fsp3) is 0.415. The zero-order valence-electron chi connectivity index (χ0n) is 33.3. The molecule has 0 unspecified atom stereocenters. The Kier molecular flexibility index (Phi) is 12.1. The van der Waals surface area contributed by atoms with Crippen LogP contribution in [0.4, 0.5) is 5.69 Å². The second kappa shape index (κ2) is 15.4. The van der Waals surface area contributed by atoms with Gasteiger partial charge in [-0.2, -0.15) is 16.8 Å². The molecular weight excluding hydrogens is 729 g/mol. The van der Waals surface area contributed by atoms with Crippen LogP contribution in [0.3, 0.4) is 0 Å². The summed E-state index contributed by atoms with van der Waals surface area (Å²) in [6, 6.07) is 12.8. The molecule has 3 aliphatic heterocycles. The molecule has 0 fully saturated rings. The number of ether oxygens (including phenoxy) is 2. The molecule has 0 saturated heterocycles. The van der Waals surface area contributed by atoms with Gasteiger partial charge >= 0.3 is 5.97 Å². The van der Waals surface area contributed by atoms with Gasteiger partial charge in [0.2, 0.25) is 5.36 Å². The summed E-state index contributed by atoms with van der Waals surface area (Å²) in [5, 5.41) is 1.23. The van der Waals surface area contributed by atoms with E-state index in [1.165, 1.54) is 7.11 Å². The van der Waals surface area contributed by atoms with E-state index >= 15 is 0 Å². The van der Waals surface area contributed by atoms with Gasteiger partial charge in [-0.1, -0.05) is 52.8 Å². The van der Waals surface area contributed by atoms with Crippen molar-refractivity contribution in [2.45, 2.75) is 79.8 Å². The highest BCUT2D eigenvalue weighted by Crippen LogP contribution is 2.47. The SMILES string of the molecule is CC.CC.CCc1ccc(C(=O)OC)c(C2=c3cc4c(cc3Oc3cc5c(cc32)C(CS(=O)(=O)O)=CC(C)(C)N5C)=[N+](C)C(C)(C)C=C4CS(=O)(=O)O)c1. The van der Waals surface area contributed by atoms with Gasteiger partial charge in [-0.15, -0.1) is 0 Å². The summed E-state index contributed by atoms with van der Waals surface area (Å²) < 4.78 is 82.8. The van der Waals surface area contributed by atoms with Crippen molar-refractivity contribution in [3.8, 4) is 11.5 Å². The van der Waals surface area contributed by atoms with Crippen LogP contribution < -0.4 is 24.8 Å². The summed E-state index contributed by atoms with van der Waals surface area (Å²) in [7, 11) is -3.74. The highest BCUT2D eigenvalue weighted by molar-refractivity contribution is 7.86. The Hall–Kier alpha value is -4.30. The van der Waals surface area contributed by atoms with Crippen LogP contribution >= 0.6 is 0 Å². The first kappa shape index (κ1) is 42.4. The van der Waals surface area contributed by atoms with E-state index in [0.717, 1.165) is 5.56 Å². The molecule has 0 aromatic heterocycles. The molecule has 3 heterocycles. The topological polar surface area (TPSA) is 151 Å². The molecule has 292 valence electrons. The van der Waals surface area contributed by atoms with Crippen LogP contribution in [0.15, 0.2) is 54.6 Å². The fourth-order valence-electron chi connectivity index (χ4n) is 7.08. The van der Waals surface area contributed by atoms with Crippen LogP contribution in [0.2, 0.25) is 0 Å². The van der Waals surface area contributed by atoms with Gasteiger partial charge in [0.1, 0.15) is 30.1 Å². The lowest BCUT2D eigenvalue weighted by molar-refractivity contribution is 0.0600. The van der Waals surface area contributed by atoms with Crippen molar-refractivity contribution in [1.82, 2.24) is 4.58 Å². The van der Waals surface area contributed by atoms with E-state index in [1.54, 1.807) is 6.07 Å². The molecule has 0 saturated carbocycles. The third-order valence-corrected chi connectivity index (χ3v) is 11.3. The van der Waals surface area contributed by atoms with Gasteiger partial charge in [-0.25, -0.2) is 9.37 Å². The number of benzene rings is 3. The highest BCUT2D eigenvalue weighted by atomic mass is 32.2. The number of likely N-dealkylation sites (N-methyl/N-ethyl adjacent to an activating group) is 2. The Bertz CT molecular complexity index is 2430. The van der Waals surface area contributed by atoms with Crippen molar-refractivity contribution in [3.63, 3.8) is 0 Å². The molecule has 0 amide bonds. The van der Waals surface area contributed by atoms with Crippen molar-refractivity contribution >= 4 is 48.6 Å². The Balaban J connectivity index is 0.00000157. The van der Waals surface area contributed by atoms with Crippen molar-refractivity contribution in [2.24, 2.45) is 0 Å². The third-order valence-electron chi connectivity index (χ3n) is 10.00. The van der Waals surface area contributed by atoms with Crippen molar-refractivity contribution in [3.05, 3.63) is 98.6 Å². The van der Waals surface area contributed by atoms with Gasteiger partial charge in [0.25, 0.3) is 20.2 Å². The van der Waals surface area contributed by atoms with Gasteiger partial charge in [-0.3, -0.25) is 9.11 Å². The van der Waals surface area contributed by atoms with E-state index in [9.17, 15) is 30.7 Å². The second-order valence-electron chi connectivity index (χ2n) is 14.2. The largest absolute Gasteiger partial charge is 0.465 e. The molecule has 3 aromatic carbocycles. The van der Waals surface area contributed by atoms with E-state index in [0.29, 0.717) is 73.2 Å². The first-order valence-corrected chi connectivity index (χ1v) is 21.3. The molecule has 2 N–H and O–H groups in total. The number of anilines is 1. The van der Waals surface area contributed by atoms with E-state index in [2.05, 4.69) is 0 Å². The Labute approximate surface area is 319 Å². The number of aryl methyl sites for hydroxylation is 1. The fourth-order valence-corrected chi connectivity index (χ4v) is 8.35. The lowest BCUT2D eigenvalue weighted by Gasteiger charge is -2.41. The molecule has 3 aromatic rings. The van der Waals surface area contributed by atoms with Crippen molar-refractivity contribution < 1.29 is 40.2 Å². The summed E-state index contributed by atoms with van der Waals surface area (Å²) >= 11 is 0. The minimum absolute atomic E-state index is 0.285. The van der Waals surface area contributed by atoms with Crippen LogP contribution in [0, 0.1) is 0 Å². The lowest BCUT2D eigenvalue weighted by atomic mass is 9.83. The second-order valence-corrected chi connectivity index (χ2v) is 17.1. The Morgan fingerprint density at radius 3 is 1.96 bits per heavy atom. The molecule has 6 rings (SSSR count). The zero-order chi connectivity index (χ0) is 40.7. The lowest BCUT2D eigenvalue weighted by Crippen LogP contribution is -2.47. The molecule has 11 nitrogen and oxygen atoms in total. The van der Waals surface area contributed by atoms with E-state index in [4.69, 9.17) is 9.47 Å². The predicted octanol–water partition coefficient (Wildman–Crippen LogP) is 6.12. The standard InChI is InChI=1S/C37H40N2O9S2.2C2H6/c1-9-21-10-11-24(35(40)47-8)27(12-21)34-28-13-25-22(19-49(41,42)43)17-36(2,3)38(6)30(25)15-32(28)48-33-16-31-26(14-29(33)34)23(20-50(44,45)46)18-37(4,5)39(31)7;2*1-2/h10-18H,9,19-20H2,1-8H3,(H-,41,42,43,44,45,46);2*1-2H3/p+1. The molecule has 0 bridgehead atoms. The average molecular weight is 782 g/mol. The minimum Gasteiger partial charge on any atom is -0.465 e. The number of nitrogens with zero attached hydrogens (tertiary/aromatic N) is 2. The van der Waals surface area contributed by atoms with Crippen molar-refractivity contribution in [2.75, 3.05) is 37.6 Å². The van der Waals surface area contributed by atoms with Gasteiger partial charge < -0.3 is 14.4 Å². The number of carbonyl (C=O) groups excluding carboxylic acids is 1. The number of hydrogen-bond acceptors (Lipinski definition) is 8. The van der Waals surface area contributed by atoms with Gasteiger partial charge in [0.15, 0.2) is 5.54 Å². The smallest absolute Gasteiger partial charge is 0.338 e. The van der Waals surface area contributed by atoms with Crippen LogP contribution in [0.5, 0.6) is 11.5 Å². The maximum absolute atomic E-state index is 13.3. The molecular formula is C41H53N2O9S2+. The van der Waals surface area contributed by atoms with E-state index in [1.807, 2.05) is 134 Å². The zero-order valence-corrected chi connectivity index (χ0v) is 34.9. The van der Waals surface area contributed by atoms with Gasteiger partial charge in [-0.05, 0) is 66.8 Å². The summed E-state index contributed by atoms with van der Waals surface area (Å²) in [4.78, 5) is 15.3. The first-order valence-electron chi connectivity index (χ1n) is 18.1. The van der Waals surface area contributed by atoms with Gasteiger partial charge in [0.05, 0.1) is 29.8 Å². The number of fused-ring (bicyclic) bond motifs is 4. The summed E-state index contributed by atoms with van der Waals surface area (Å²) in [6.45, 7) is 17.7. The molecule has 13 heteroatoms. The van der Waals surface area contributed by atoms with Crippen LogP contribution in [0.1, 0.15) is 100 Å². The van der Waals surface area contributed by atoms with Crippen LogP contribution in [-0.4, -0.2) is 75.7 Å². The van der Waals surface area contributed by atoms with Gasteiger partial charge in [0, 0.05) is 54.6 Å². The van der Waals surface area contributed by atoms with E-state index in [-0.39, 0.29) is 5.56 Å². The Morgan fingerprint density at radius 1 is 0.815 bits per heavy atom. The number of hydrogen-bond donors (Lipinski definition) is 2. The monoisotopic (exact) mass is 781 g/mol. The van der Waals surface area contributed by atoms with E-state index < -0.39 is 48.8 Å². The Morgan fingerprint density at radius 2 is 1.41 bits per heavy atom. The predicted molar refractivity (Wildman–Crippen MR) is 216 cm³/mol. The molecule has 0 atom stereocenters. The third kappa shape index (κ3) is 8.19. The highest BCUT2D eigenvalue weighted by Gasteiger charge is 2.37. The normalized spacial score (nSPS) is 16.4. The average Bonchev–Trinajstić information content (AvgIpc) is 3.10. The summed E-state index contributed by atoms with van der Waals surface area (Å²) in [5.41, 5.74) is 4.28. The number of carbonyl (C=O) groups is 1. The number of esters is 1. The molecule has 3 aliphatic rings. The van der Waals surface area contributed by atoms with Crippen LogP contribution in [0.25, 0.3) is 16.7 Å². The maximum Gasteiger partial charge on any atom is 0.338 e. The van der Waals surface area contributed by atoms with Crippen molar-refractivity contribution in [1.29, 1.82) is 0 Å². The molecule has 0 spiro atoms. The molecule has 54 heavy (non-hydrogen) atoms. The molecule has 0 aliphatic carbocycles. The number of methoxy groups -OCH3 is 1. The summed E-state index contributed by atoms with van der Waals surface area (Å²) in [5.74, 6) is -0.887. The number of rotatable bonds is 7. The molecule has 0 radical (unpaired) electrons. The minimum atomic E-state index is -4.41. The van der Waals surface area contributed by atoms with Crippen LogP contribution in [-0.2, 0) is 31.4 Å². The maximum atomic E-state index is 13.3. The summed E-state index contributed by atoms with van der Waals surface area (Å²) in [6.07, 6.45) is 4.28. The quantitative estimate of drug-likeness (QED) is 0.128.